The van der Waals surface area contributed by atoms with E-state index < -0.39 is 53.7 Å². The Morgan fingerprint density at radius 2 is 1.32 bits per heavy atom. The van der Waals surface area contributed by atoms with E-state index in [9.17, 15) is 4.79 Å². The average Bonchev–Trinajstić information content (AvgIpc) is 3.41. The zero-order chi connectivity index (χ0) is 32.9. The first-order valence-electron chi connectivity index (χ1n) is 18.1. The van der Waals surface area contributed by atoms with Crippen molar-refractivity contribution in [2.45, 2.75) is 153 Å². The van der Waals surface area contributed by atoms with Crippen molar-refractivity contribution >= 4 is 6.16 Å². The summed E-state index contributed by atoms with van der Waals surface area (Å²) in [6, 6.07) is 0. The predicted octanol–water partition coefficient (Wildman–Crippen LogP) is 6.03. The summed E-state index contributed by atoms with van der Waals surface area (Å²) in [7, 11) is 0. The molecule has 8 heterocycles. The molecular formula is C36H52O11. The molecule has 8 saturated heterocycles. The monoisotopic (exact) mass is 660 g/mol. The van der Waals surface area contributed by atoms with Gasteiger partial charge in [-0.3, -0.25) is 0 Å². The summed E-state index contributed by atoms with van der Waals surface area (Å²) in [5.74, 6) is 2.18. The topological polar surface area (TPSA) is 109 Å². The van der Waals surface area contributed by atoms with Gasteiger partial charge in [0.25, 0.3) is 0 Å². The van der Waals surface area contributed by atoms with Gasteiger partial charge in [0.2, 0.25) is 11.6 Å². The SMILES string of the molecule is C#CCOC(=O)O[C@@H](C[C@H]1O[C@@H]2OC3(C)CC[C@H]4[C@H](C)CC[C@@H]([C@H]1C)[C@@]24OO3)[C@H]1O[C@@H]2OC3(C)CC[C@H]4[C@H](C)CC[C@@H]([C@H]1C)[C@@]24OO3. The Bertz CT molecular complexity index is 1270. The van der Waals surface area contributed by atoms with Crippen LogP contribution >= 0.6 is 0 Å². The maximum atomic E-state index is 13.1. The molecule has 0 aromatic heterocycles. The summed E-state index contributed by atoms with van der Waals surface area (Å²) in [6.07, 6.45) is 9.60. The number of ether oxygens (including phenoxy) is 6. The lowest BCUT2D eigenvalue weighted by atomic mass is 9.56. The number of fused-ring (bicyclic) bond motifs is 4. The van der Waals surface area contributed by atoms with Crippen LogP contribution in [0.1, 0.15) is 99.3 Å². The molecule has 2 saturated carbocycles. The van der Waals surface area contributed by atoms with E-state index in [0.717, 1.165) is 51.4 Å². The van der Waals surface area contributed by atoms with Crippen LogP contribution in [0.2, 0.25) is 0 Å². The Hall–Kier alpha value is -1.49. The normalized spacial score (nSPS) is 55.0. The van der Waals surface area contributed by atoms with Gasteiger partial charge in [-0.2, -0.15) is 0 Å². The third-order valence-corrected chi connectivity index (χ3v) is 13.9. The fraction of sp³-hybridized carbons (Fsp3) is 0.917. The summed E-state index contributed by atoms with van der Waals surface area (Å²) in [6.45, 7) is 12.7. The molecule has 0 amide bonds. The molecule has 2 spiro atoms. The van der Waals surface area contributed by atoms with Crippen LogP contribution in [0.25, 0.3) is 0 Å². The second kappa shape index (κ2) is 11.5. The van der Waals surface area contributed by atoms with E-state index in [0.29, 0.717) is 18.3 Å². The van der Waals surface area contributed by atoms with Crippen LogP contribution in [0.5, 0.6) is 0 Å². The molecule has 2 aliphatic carbocycles. The summed E-state index contributed by atoms with van der Waals surface area (Å²) in [5.41, 5.74) is -1.41. The van der Waals surface area contributed by atoms with Crippen LogP contribution in [0, 0.1) is 59.7 Å². The van der Waals surface area contributed by atoms with E-state index in [1.165, 1.54) is 0 Å². The van der Waals surface area contributed by atoms with E-state index in [2.05, 4.69) is 33.6 Å². The molecule has 17 atom stereocenters. The van der Waals surface area contributed by atoms with Crippen LogP contribution < -0.4 is 0 Å². The molecule has 0 aromatic carbocycles. The molecule has 11 heteroatoms. The second-order valence-electron chi connectivity index (χ2n) is 16.4. The van der Waals surface area contributed by atoms with Crippen molar-refractivity contribution in [3.8, 4) is 12.3 Å². The Morgan fingerprint density at radius 1 is 0.766 bits per heavy atom. The minimum absolute atomic E-state index is 0.0488. The number of carbonyl (C=O) groups excluding carboxylic acids is 1. The van der Waals surface area contributed by atoms with Crippen molar-refractivity contribution in [2.75, 3.05) is 6.61 Å². The highest BCUT2D eigenvalue weighted by Gasteiger charge is 2.72. The van der Waals surface area contributed by atoms with E-state index in [1.54, 1.807) is 0 Å². The first-order chi connectivity index (χ1) is 22.4. The average molecular weight is 661 g/mol. The zero-order valence-electron chi connectivity index (χ0n) is 28.6. The Morgan fingerprint density at radius 3 is 1.89 bits per heavy atom. The largest absolute Gasteiger partial charge is 0.509 e. The van der Waals surface area contributed by atoms with Gasteiger partial charge in [-0.1, -0.05) is 33.6 Å². The van der Waals surface area contributed by atoms with E-state index in [4.69, 9.17) is 54.4 Å². The Labute approximate surface area is 278 Å². The molecule has 0 N–H and O–H groups in total. The Kier molecular flexibility index (Phi) is 8.02. The smallest absolute Gasteiger partial charge is 0.428 e. The number of terminal acetylenes is 1. The van der Waals surface area contributed by atoms with Crippen molar-refractivity contribution in [3.63, 3.8) is 0 Å². The molecule has 10 aliphatic rings. The van der Waals surface area contributed by atoms with Crippen molar-refractivity contribution < 1.29 is 52.8 Å². The van der Waals surface area contributed by atoms with Crippen LogP contribution in [0.4, 0.5) is 4.79 Å². The molecule has 0 radical (unpaired) electrons. The zero-order valence-corrected chi connectivity index (χ0v) is 28.6. The number of rotatable bonds is 5. The number of hydrogen-bond acceptors (Lipinski definition) is 11. The predicted molar refractivity (Wildman–Crippen MR) is 163 cm³/mol. The summed E-state index contributed by atoms with van der Waals surface area (Å²) >= 11 is 0. The highest BCUT2D eigenvalue weighted by atomic mass is 17.3. The minimum Gasteiger partial charge on any atom is -0.428 e. The summed E-state index contributed by atoms with van der Waals surface area (Å²) in [4.78, 5) is 37.9. The molecule has 8 aliphatic heterocycles. The van der Waals surface area contributed by atoms with E-state index in [1.807, 2.05) is 13.8 Å². The van der Waals surface area contributed by atoms with Gasteiger partial charge < -0.3 is 28.4 Å². The van der Waals surface area contributed by atoms with Gasteiger partial charge in [0.1, 0.15) is 12.2 Å². The molecule has 2 unspecified atom stereocenters. The quantitative estimate of drug-likeness (QED) is 0.196. The lowest BCUT2D eigenvalue weighted by Gasteiger charge is -2.62. The Balaban J connectivity index is 1.11. The van der Waals surface area contributed by atoms with Gasteiger partial charge in [0.15, 0.2) is 30.4 Å². The molecule has 11 nitrogen and oxygen atoms in total. The second-order valence-corrected chi connectivity index (χ2v) is 16.4. The van der Waals surface area contributed by atoms with Crippen LogP contribution in [-0.4, -0.2) is 66.4 Å². The first-order valence-corrected chi connectivity index (χ1v) is 18.1. The maximum absolute atomic E-state index is 13.1. The molecule has 47 heavy (non-hydrogen) atoms. The number of hydrogen-bond donors (Lipinski definition) is 0. The highest BCUT2D eigenvalue weighted by Crippen LogP contribution is 2.63. The standard InChI is InChI=1S/C36H52O11/c1-8-17-38-32(37)40-28(29-22(5)26-12-10-20(3)24-14-16-34(7)43-31(41-29)36(24,26)47-45-34)18-27-21(4)25-11-9-19(2)23-13-15-33(6)42-30(39-27)35(23,25)46-44-33/h1,19-31H,9-18H2,2-7H3/t19-,20-,21-,22-,23+,24+,25+,26+,27-,28+,29+,30-,31-,33?,34?,35-,36-/m1/s1. The van der Waals surface area contributed by atoms with Crippen LogP contribution in [0.3, 0.4) is 0 Å². The van der Waals surface area contributed by atoms with Gasteiger partial charge in [0, 0.05) is 31.1 Å². The highest BCUT2D eigenvalue weighted by molar-refractivity contribution is 5.60. The third-order valence-electron chi connectivity index (χ3n) is 13.9. The summed E-state index contributed by atoms with van der Waals surface area (Å²) in [5, 5.41) is 0. The van der Waals surface area contributed by atoms with Gasteiger partial charge in [-0.25, -0.2) is 24.3 Å². The minimum atomic E-state index is -0.914. The lowest BCUT2D eigenvalue weighted by molar-refractivity contribution is -0.573. The van der Waals surface area contributed by atoms with Crippen molar-refractivity contribution in [2.24, 2.45) is 47.3 Å². The maximum Gasteiger partial charge on any atom is 0.509 e. The number of carbonyl (C=O) groups is 1. The molecule has 10 rings (SSSR count). The molecule has 10 fully saturated rings. The van der Waals surface area contributed by atoms with Crippen molar-refractivity contribution in [3.05, 3.63) is 0 Å². The van der Waals surface area contributed by atoms with E-state index in [-0.39, 0.29) is 48.2 Å². The third kappa shape index (κ3) is 4.87. The molecule has 0 aromatic rings. The fourth-order valence-corrected chi connectivity index (χ4v) is 11.3. The van der Waals surface area contributed by atoms with Crippen LogP contribution in [0.15, 0.2) is 0 Å². The lowest BCUT2D eigenvalue weighted by Crippen LogP contribution is -2.72. The van der Waals surface area contributed by atoms with E-state index >= 15 is 0 Å². The first kappa shape index (κ1) is 32.7. The molecule has 4 bridgehead atoms. The van der Waals surface area contributed by atoms with Gasteiger partial charge >= 0.3 is 6.16 Å². The van der Waals surface area contributed by atoms with Gasteiger partial charge in [-0.15, -0.1) is 6.42 Å². The summed E-state index contributed by atoms with van der Waals surface area (Å²) < 4.78 is 38.6. The molecule has 262 valence electrons. The van der Waals surface area contributed by atoms with Crippen molar-refractivity contribution in [1.29, 1.82) is 0 Å². The molecular weight excluding hydrogens is 608 g/mol. The van der Waals surface area contributed by atoms with Crippen LogP contribution in [-0.2, 0) is 48.0 Å². The van der Waals surface area contributed by atoms with Crippen molar-refractivity contribution in [1.82, 2.24) is 0 Å². The fourth-order valence-electron chi connectivity index (χ4n) is 11.3. The van der Waals surface area contributed by atoms with Gasteiger partial charge in [-0.05, 0) is 87.9 Å². The van der Waals surface area contributed by atoms with Gasteiger partial charge in [0.05, 0.1) is 6.10 Å².